The molecule has 0 spiro atoms. The van der Waals surface area contributed by atoms with Gasteiger partial charge in [-0.2, -0.15) is 9.40 Å². The van der Waals surface area contributed by atoms with Crippen molar-refractivity contribution in [1.82, 2.24) is 14.5 Å². The lowest BCUT2D eigenvalue weighted by atomic mass is 10.2. The van der Waals surface area contributed by atoms with E-state index in [0.29, 0.717) is 28.6 Å². The topological polar surface area (TPSA) is 114 Å². The number of hydrogen-bond acceptors (Lipinski definition) is 6. The van der Waals surface area contributed by atoms with Crippen LogP contribution in [0.15, 0.2) is 23.1 Å². The molecule has 0 saturated carbocycles. The molecule has 26 heavy (non-hydrogen) atoms. The smallest absolute Gasteiger partial charge is 0.246 e. The fraction of sp³-hybridized carbons (Fsp3) is 0.375. The SMILES string of the molecule is COc1ccc(OC)c(NC(=O)CN(C)S(=O)(=O)c2c(C)n[nH]c2C)c1. The van der Waals surface area contributed by atoms with Gasteiger partial charge in [0, 0.05) is 13.1 Å². The van der Waals surface area contributed by atoms with Gasteiger partial charge in [0.25, 0.3) is 0 Å². The number of benzene rings is 1. The molecule has 0 atom stereocenters. The lowest BCUT2D eigenvalue weighted by molar-refractivity contribution is -0.116. The highest BCUT2D eigenvalue weighted by atomic mass is 32.2. The monoisotopic (exact) mass is 382 g/mol. The van der Waals surface area contributed by atoms with Gasteiger partial charge in [0.05, 0.1) is 37.8 Å². The average molecular weight is 382 g/mol. The number of carbonyl (C=O) groups excluding carboxylic acids is 1. The molecule has 1 heterocycles. The molecule has 0 saturated heterocycles. The number of ether oxygens (including phenoxy) is 2. The van der Waals surface area contributed by atoms with Gasteiger partial charge < -0.3 is 14.8 Å². The number of aryl methyl sites for hydroxylation is 2. The van der Waals surface area contributed by atoms with Gasteiger partial charge in [-0.05, 0) is 26.0 Å². The largest absolute Gasteiger partial charge is 0.497 e. The lowest BCUT2D eigenvalue weighted by Crippen LogP contribution is -2.35. The molecule has 0 aliphatic heterocycles. The van der Waals surface area contributed by atoms with Crippen LogP contribution in [0.3, 0.4) is 0 Å². The van der Waals surface area contributed by atoms with Crippen molar-refractivity contribution in [3.63, 3.8) is 0 Å². The summed E-state index contributed by atoms with van der Waals surface area (Å²) in [5, 5.41) is 9.16. The highest BCUT2D eigenvalue weighted by Gasteiger charge is 2.28. The first-order valence-electron chi connectivity index (χ1n) is 7.70. The van der Waals surface area contributed by atoms with Crippen molar-refractivity contribution < 1.29 is 22.7 Å². The molecule has 2 N–H and O–H groups in total. The van der Waals surface area contributed by atoms with Crippen LogP contribution in [0.25, 0.3) is 0 Å². The second-order valence-corrected chi connectivity index (χ2v) is 7.62. The van der Waals surface area contributed by atoms with Crippen LogP contribution in [0.2, 0.25) is 0 Å². The van der Waals surface area contributed by atoms with Gasteiger partial charge in [-0.1, -0.05) is 0 Å². The summed E-state index contributed by atoms with van der Waals surface area (Å²) in [6, 6.07) is 4.93. The van der Waals surface area contributed by atoms with E-state index in [1.54, 1.807) is 32.0 Å². The number of nitrogens with zero attached hydrogens (tertiary/aromatic N) is 2. The molecule has 10 heteroatoms. The predicted octanol–water partition coefficient (Wildman–Crippen LogP) is 1.30. The van der Waals surface area contributed by atoms with E-state index >= 15 is 0 Å². The summed E-state index contributed by atoms with van der Waals surface area (Å²) < 4.78 is 36.7. The quantitative estimate of drug-likeness (QED) is 0.746. The zero-order valence-electron chi connectivity index (χ0n) is 15.3. The van der Waals surface area contributed by atoms with Gasteiger partial charge in [0.15, 0.2) is 0 Å². The van der Waals surface area contributed by atoms with Crippen LogP contribution < -0.4 is 14.8 Å². The number of aromatic nitrogens is 2. The molecule has 9 nitrogen and oxygen atoms in total. The molecule has 0 fully saturated rings. The van der Waals surface area contributed by atoms with Crippen LogP contribution in [0, 0.1) is 13.8 Å². The Morgan fingerprint density at radius 3 is 2.50 bits per heavy atom. The van der Waals surface area contributed by atoms with E-state index in [1.165, 1.54) is 21.3 Å². The third-order valence-corrected chi connectivity index (χ3v) is 5.84. The van der Waals surface area contributed by atoms with Crippen molar-refractivity contribution in [1.29, 1.82) is 0 Å². The first kappa shape index (κ1) is 19.7. The van der Waals surface area contributed by atoms with Crippen LogP contribution in [0.5, 0.6) is 11.5 Å². The summed E-state index contributed by atoms with van der Waals surface area (Å²) in [4.78, 5) is 12.4. The number of nitrogens with one attached hydrogen (secondary N) is 2. The Labute approximate surface area is 152 Å². The van der Waals surface area contributed by atoms with E-state index in [9.17, 15) is 13.2 Å². The van der Waals surface area contributed by atoms with Gasteiger partial charge in [-0.25, -0.2) is 8.42 Å². The van der Waals surface area contributed by atoms with E-state index in [-0.39, 0.29) is 11.4 Å². The van der Waals surface area contributed by atoms with Crippen molar-refractivity contribution in [2.75, 3.05) is 33.1 Å². The van der Waals surface area contributed by atoms with Crippen LogP contribution in [-0.4, -0.2) is 56.6 Å². The van der Waals surface area contributed by atoms with E-state index < -0.39 is 15.9 Å². The number of methoxy groups -OCH3 is 2. The van der Waals surface area contributed by atoms with Crippen molar-refractivity contribution in [3.8, 4) is 11.5 Å². The number of aromatic amines is 1. The summed E-state index contributed by atoms with van der Waals surface area (Å²) >= 11 is 0. The molecular formula is C16H22N4O5S. The van der Waals surface area contributed by atoms with Crippen molar-refractivity contribution in [3.05, 3.63) is 29.6 Å². The fourth-order valence-electron chi connectivity index (χ4n) is 2.47. The number of carbonyl (C=O) groups is 1. The molecule has 2 aromatic rings. The number of anilines is 1. The van der Waals surface area contributed by atoms with Crippen molar-refractivity contribution >= 4 is 21.6 Å². The minimum atomic E-state index is -3.85. The summed E-state index contributed by atoms with van der Waals surface area (Å²) in [5.74, 6) is 0.458. The van der Waals surface area contributed by atoms with Gasteiger partial charge >= 0.3 is 0 Å². The van der Waals surface area contributed by atoms with Gasteiger partial charge in [0.1, 0.15) is 16.4 Å². The zero-order chi connectivity index (χ0) is 19.5. The molecule has 1 amide bonds. The molecule has 0 aliphatic carbocycles. The molecule has 142 valence electrons. The number of rotatable bonds is 7. The Hall–Kier alpha value is -2.59. The summed E-state index contributed by atoms with van der Waals surface area (Å²) in [6.07, 6.45) is 0. The summed E-state index contributed by atoms with van der Waals surface area (Å²) in [7, 11) is 0.461. The second-order valence-electron chi connectivity index (χ2n) is 5.64. The number of sulfonamides is 1. The maximum atomic E-state index is 12.7. The lowest BCUT2D eigenvalue weighted by Gasteiger charge is -2.18. The second kappa shape index (κ2) is 7.75. The number of H-pyrrole nitrogens is 1. The Morgan fingerprint density at radius 1 is 1.27 bits per heavy atom. The van der Waals surface area contributed by atoms with Crippen molar-refractivity contribution in [2.45, 2.75) is 18.7 Å². The fourth-order valence-corrected chi connectivity index (χ4v) is 3.92. The van der Waals surface area contributed by atoms with Gasteiger partial charge in [-0.15, -0.1) is 0 Å². The van der Waals surface area contributed by atoms with Gasteiger partial charge in [0.2, 0.25) is 15.9 Å². The van der Waals surface area contributed by atoms with Crippen LogP contribution in [-0.2, 0) is 14.8 Å². The highest BCUT2D eigenvalue weighted by Crippen LogP contribution is 2.29. The third kappa shape index (κ3) is 3.97. The van der Waals surface area contributed by atoms with Crippen molar-refractivity contribution in [2.24, 2.45) is 0 Å². The van der Waals surface area contributed by atoms with Gasteiger partial charge in [-0.3, -0.25) is 9.89 Å². The Bertz CT molecular complexity index is 888. The molecule has 0 aliphatic rings. The van der Waals surface area contributed by atoms with Crippen LogP contribution in [0.1, 0.15) is 11.4 Å². The molecule has 1 aromatic carbocycles. The Kier molecular flexibility index (Phi) is 5.88. The predicted molar refractivity (Wildman–Crippen MR) is 96.1 cm³/mol. The minimum Gasteiger partial charge on any atom is -0.497 e. The Morgan fingerprint density at radius 2 is 1.96 bits per heavy atom. The molecule has 2 rings (SSSR count). The average Bonchev–Trinajstić information content (AvgIpc) is 2.93. The third-order valence-electron chi connectivity index (χ3n) is 3.78. The number of likely N-dealkylation sites (N-methyl/N-ethyl adjacent to an activating group) is 1. The van der Waals surface area contributed by atoms with Crippen LogP contribution in [0.4, 0.5) is 5.69 Å². The molecular weight excluding hydrogens is 360 g/mol. The molecule has 0 unspecified atom stereocenters. The Balaban J connectivity index is 2.17. The standard InChI is InChI=1S/C16H22N4O5S/c1-10-16(11(2)19-18-10)26(22,23)20(3)9-15(21)17-13-8-12(24-4)6-7-14(13)25-5/h6-8H,9H2,1-5H3,(H,17,21)(H,18,19). The maximum absolute atomic E-state index is 12.7. The van der Waals surface area contributed by atoms with E-state index in [1.807, 2.05) is 0 Å². The number of hydrogen-bond donors (Lipinski definition) is 2. The summed E-state index contributed by atoms with van der Waals surface area (Å²) in [6.45, 7) is 2.83. The van der Waals surface area contributed by atoms with E-state index in [0.717, 1.165) is 4.31 Å². The normalized spacial score (nSPS) is 11.5. The molecule has 0 bridgehead atoms. The molecule has 1 aromatic heterocycles. The van der Waals surface area contributed by atoms with E-state index in [2.05, 4.69) is 15.5 Å². The minimum absolute atomic E-state index is 0.0757. The summed E-state index contributed by atoms with van der Waals surface area (Å²) in [5.41, 5.74) is 1.16. The highest BCUT2D eigenvalue weighted by molar-refractivity contribution is 7.89. The zero-order valence-corrected chi connectivity index (χ0v) is 16.1. The van der Waals surface area contributed by atoms with E-state index in [4.69, 9.17) is 9.47 Å². The first-order valence-corrected chi connectivity index (χ1v) is 9.14. The number of amides is 1. The maximum Gasteiger partial charge on any atom is 0.246 e. The molecule has 0 radical (unpaired) electrons. The van der Waals surface area contributed by atoms with Crippen LogP contribution >= 0.6 is 0 Å². The first-order chi connectivity index (χ1) is 12.2.